The fraction of sp³-hybridized carbons (Fsp3) is 0.235. The monoisotopic (exact) mass is 351 g/mol. The first-order valence-electron chi connectivity index (χ1n) is 7.33. The van der Waals surface area contributed by atoms with Crippen LogP contribution in [0, 0.1) is 11.7 Å². The quantitative estimate of drug-likeness (QED) is 0.809. The molecule has 0 saturated carbocycles. The number of hydrogen-bond donors (Lipinski definition) is 1. The van der Waals surface area contributed by atoms with Crippen molar-refractivity contribution in [1.82, 2.24) is 0 Å². The summed E-state index contributed by atoms with van der Waals surface area (Å²) in [5.41, 5.74) is 0.625. The first-order chi connectivity index (χ1) is 11.3. The second kappa shape index (κ2) is 7.44. The van der Waals surface area contributed by atoms with E-state index < -0.39 is 21.8 Å². The SMILES string of the molecule is CC(C)COC(=O)c1ccc(NS(=O)(=O)c2ccc(F)cc2)cc1. The van der Waals surface area contributed by atoms with Gasteiger partial charge in [-0.25, -0.2) is 17.6 Å². The maximum atomic E-state index is 12.9. The zero-order valence-electron chi connectivity index (χ0n) is 13.3. The lowest BCUT2D eigenvalue weighted by molar-refractivity contribution is 0.0459. The summed E-state index contributed by atoms with van der Waals surface area (Å²) in [6.07, 6.45) is 0. The van der Waals surface area contributed by atoms with Crippen molar-refractivity contribution in [3.8, 4) is 0 Å². The van der Waals surface area contributed by atoms with E-state index in [0.29, 0.717) is 17.9 Å². The van der Waals surface area contributed by atoms with Crippen molar-refractivity contribution in [1.29, 1.82) is 0 Å². The molecule has 0 spiro atoms. The second-order valence-corrected chi connectivity index (χ2v) is 7.31. The van der Waals surface area contributed by atoms with Gasteiger partial charge in [-0.2, -0.15) is 0 Å². The van der Waals surface area contributed by atoms with E-state index in [9.17, 15) is 17.6 Å². The maximum Gasteiger partial charge on any atom is 0.338 e. The van der Waals surface area contributed by atoms with Crippen LogP contribution in [0.15, 0.2) is 53.4 Å². The molecule has 0 aliphatic rings. The van der Waals surface area contributed by atoms with Gasteiger partial charge in [0, 0.05) is 5.69 Å². The molecule has 0 amide bonds. The molecule has 2 aromatic carbocycles. The Morgan fingerprint density at radius 2 is 1.67 bits per heavy atom. The third-order valence-electron chi connectivity index (χ3n) is 3.04. The van der Waals surface area contributed by atoms with Gasteiger partial charge in [0.15, 0.2) is 0 Å². The predicted molar refractivity (Wildman–Crippen MR) is 88.8 cm³/mol. The molecule has 0 aliphatic carbocycles. The van der Waals surface area contributed by atoms with Gasteiger partial charge in [-0.15, -0.1) is 0 Å². The third-order valence-corrected chi connectivity index (χ3v) is 4.44. The lowest BCUT2D eigenvalue weighted by Crippen LogP contribution is -2.13. The zero-order chi connectivity index (χ0) is 17.7. The average Bonchev–Trinajstić information content (AvgIpc) is 2.53. The van der Waals surface area contributed by atoms with Crippen LogP contribution >= 0.6 is 0 Å². The van der Waals surface area contributed by atoms with Gasteiger partial charge in [0.2, 0.25) is 0 Å². The highest BCUT2D eigenvalue weighted by Crippen LogP contribution is 2.17. The number of anilines is 1. The summed E-state index contributed by atoms with van der Waals surface area (Å²) in [5.74, 6) is -0.745. The van der Waals surface area contributed by atoms with Crippen LogP contribution in [0.2, 0.25) is 0 Å². The molecule has 0 aliphatic heterocycles. The summed E-state index contributed by atoms with van der Waals surface area (Å²) in [7, 11) is -3.82. The Balaban J connectivity index is 2.08. The largest absolute Gasteiger partial charge is 0.462 e. The van der Waals surface area contributed by atoms with Gasteiger partial charge in [0.05, 0.1) is 17.1 Å². The lowest BCUT2D eigenvalue weighted by Gasteiger charge is -2.10. The molecule has 0 radical (unpaired) electrons. The van der Waals surface area contributed by atoms with E-state index >= 15 is 0 Å². The van der Waals surface area contributed by atoms with E-state index in [4.69, 9.17) is 4.74 Å². The van der Waals surface area contributed by atoms with Crippen molar-refractivity contribution in [2.45, 2.75) is 18.7 Å². The molecule has 0 unspecified atom stereocenters. The molecule has 7 heteroatoms. The first kappa shape index (κ1) is 17.9. The van der Waals surface area contributed by atoms with E-state index in [0.717, 1.165) is 12.1 Å². The molecule has 24 heavy (non-hydrogen) atoms. The molecule has 2 rings (SSSR count). The summed E-state index contributed by atoms with van der Waals surface area (Å²) in [4.78, 5) is 11.8. The number of carbonyl (C=O) groups excluding carboxylic acids is 1. The summed E-state index contributed by atoms with van der Waals surface area (Å²) in [6, 6.07) is 10.4. The molecule has 0 fully saturated rings. The van der Waals surface area contributed by atoms with Crippen LogP contribution in [0.4, 0.5) is 10.1 Å². The number of hydrogen-bond acceptors (Lipinski definition) is 4. The Hall–Kier alpha value is -2.41. The first-order valence-corrected chi connectivity index (χ1v) is 8.82. The second-order valence-electron chi connectivity index (χ2n) is 5.63. The summed E-state index contributed by atoms with van der Waals surface area (Å²) in [6.45, 7) is 4.18. The van der Waals surface area contributed by atoms with Crippen LogP contribution in [0.5, 0.6) is 0 Å². The van der Waals surface area contributed by atoms with E-state index in [1.165, 1.54) is 36.4 Å². The Labute approximate surface area is 140 Å². The summed E-state index contributed by atoms with van der Waals surface area (Å²) >= 11 is 0. The minimum absolute atomic E-state index is 0.0516. The van der Waals surface area contributed by atoms with Gasteiger partial charge in [-0.1, -0.05) is 13.8 Å². The molecule has 1 N–H and O–H groups in total. The molecule has 0 heterocycles. The van der Waals surface area contributed by atoms with Crippen molar-refractivity contribution in [2.24, 2.45) is 5.92 Å². The number of halogens is 1. The Bertz CT molecular complexity index is 799. The predicted octanol–water partition coefficient (Wildman–Crippen LogP) is 3.44. The fourth-order valence-electron chi connectivity index (χ4n) is 1.83. The van der Waals surface area contributed by atoms with Crippen molar-refractivity contribution in [3.63, 3.8) is 0 Å². The van der Waals surface area contributed by atoms with Gasteiger partial charge < -0.3 is 4.74 Å². The van der Waals surface area contributed by atoms with Crippen LogP contribution in [-0.4, -0.2) is 21.0 Å². The van der Waals surface area contributed by atoms with E-state index in [1.54, 1.807) is 0 Å². The third kappa shape index (κ3) is 4.79. The molecular weight excluding hydrogens is 333 g/mol. The molecule has 2 aromatic rings. The minimum Gasteiger partial charge on any atom is -0.462 e. The van der Waals surface area contributed by atoms with Gasteiger partial charge >= 0.3 is 5.97 Å². The Morgan fingerprint density at radius 1 is 1.08 bits per heavy atom. The number of rotatable bonds is 6. The van der Waals surface area contributed by atoms with E-state index in [1.807, 2.05) is 13.8 Å². The lowest BCUT2D eigenvalue weighted by atomic mass is 10.2. The number of nitrogens with one attached hydrogen (secondary N) is 1. The molecule has 5 nitrogen and oxygen atoms in total. The minimum atomic E-state index is -3.82. The standard InChI is InChI=1S/C17H18FNO4S/c1-12(2)11-23-17(20)13-3-7-15(8-4-13)19-24(21,22)16-9-5-14(18)6-10-16/h3-10,12,19H,11H2,1-2H3. The highest BCUT2D eigenvalue weighted by atomic mass is 32.2. The van der Waals surface area contributed by atoms with Crippen molar-refractivity contribution >= 4 is 21.7 Å². The van der Waals surface area contributed by atoms with Crippen LogP contribution < -0.4 is 4.72 Å². The fourth-order valence-corrected chi connectivity index (χ4v) is 2.89. The van der Waals surface area contributed by atoms with Gasteiger partial charge in [0.25, 0.3) is 10.0 Å². The molecule has 128 valence electrons. The molecule has 0 bridgehead atoms. The van der Waals surface area contributed by atoms with Crippen LogP contribution in [0.3, 0.4) is 0 Å². The van der Waals surface area contributed by atoms with Crippen LogP contribution in [0.1, 0.15) is 24.2 Å². The van der Waals surface area contributed by atoms with Gasteiger partial charge in [-0.3, -0.25) is 4.72 Å². The molecular formula is C17H18FNO4S. The number of benzene rings is 2. The maximum absolute atomic E-state index is 12.9. The van der Waals surface area contributed by atoms with Crippen molar-refractivity contribution < 1.29 is 22.3 Å². The number of esters is 1. The van der Waals surface area contributed by atoms with E-state index in [-0.39, 0.29) is 10.8 Å². The normalized spacial score (nSPS) is 11.3. The Kier molecular flexibility index (Phi) is 5.56. The average molecular weight is 351 g/mol. The van der Waals surface area contributed by atoms with Gasteiger partial charge in [0.1, 0.15) is 5.82 Å². The smallest absolute Gasteiger partial charge is 0.338 e. The van der Waals surface area contributed by atoms with Crippen LogP contribution in [-0.2, 0) is 14.8 Å². The Morgan fingerprint density at radius 3 is 2.21 bits per heavy atom. The molecule has 0 saturated heterocycles. The highest BCUT2D eigenvalue weighted by molar-refractivity contribution is 7.92. The highest BCUT2D eigenvalue weighted by Gasteiger charge is 2.15. The van der Waals surface area contributed by atoms with Crippen molar-refractivity contribution in [2.75, 3.05) is 11.3 Å². The van der Waals surface area contributed by atoms with E-state index in [2.05, 4.69) is 4.72 Å². The van der Waals surface area contributed by atoms with Crippen molar-refractivity contribution in [3.05, 3.63) is 59.9 Å². The number of sulfonamides is 1. The number of ether oxygens (including phenoxy) is 1. The van der Waals surface area contributed by atoms with Gasteiger partial charge in [-0.05, 0) is 54.4 Å². The summed E-state index contributed by atoms with van der Waals surface area (Å²) in [5, 5.41) is 0. The molecule has 0 atom stereocenters. The topological polar surface area (TPSA) is 72.5 Å². The molecule has 0 aromatic heterocycles. The van der Waals surface area contributed by atoms with Crippen LogP contribution in [0.25, 0.3) is 0 Å². The number of carbonyl (C=O) groups is 1. The summed E-state index contributed by atoms with van der Waals surface area (Å²) < 4.78 is 44.7. The zero-order valence-corrected chi connectivity index (χ0v) is 14.1.